The van der Waals surface area contributed by atoms with Crippen LogP contribution in [-0.4, -0.2) is 30.4 Å². The number of rotatable bonds is 1. The van der Waals surface area contributed by atoms with Crippen molar-refractivity contribution in [2.75, 3.05) is 13.4 Å². The average molecular weight is 213 g/mol. The molecule has 0 aromatic rings. The Morgan fingerprint density at radius 3 is 2.79 bits per heavy atom. The lowest BCUT2D eigenvalue weighted by Gasteiger charge is -2.02. The molecular formula is C7H7N3O3S. The molecule has 0 fully saturated rings. The maximum atomic E-state index is 11.1. The first-order chi connectivity index (χ1) is 6.67. The smallest absolute Gasteiger partial charge is 0.332 e. The number of ether oxygens (including phenoxy) is 1. The Balaban J connectivity index is 2.93. The number of thioether (sulfide) groups is 1. The monoisotopic (exact) mass is 213 g/mol. The molecule has 1 rings (SSSR count). The second kappa shape index (κ2) is 4.66. The Hall–Kier alpha value is -1.50. The molecule has 0 N–H and O–H groups in total. The van der Waals surface area contributed by atoms with Crippen molar-refractivity contribution in [3.63, 3.8) is 0 Å². The van der Waals surface area contributed by atoms with E-state index in [0.717, 1.165) is 6.08 Å². The van der Waals surface area contributed by atoms with Crippen molar-refractivity contribution in [3.05, 3.63) is 11.8 Å². The second-order valence-electron chi connectivity index (χ2n) is 2.16. The Morgan fingerprint density at radius 2 is 2.21 bits per heavy atom. The fourth-order valence-corrected chi connectivity index (χ4v) is 0.976. The van der Waals surface area contributed by atoms with Crippen molar-refractivity contribution in [2.45, 2.75) is 0 Å². The molecule has 0 spiro atoms. The van der Waals surface area contributed by atoms with E-state index in [1.807, 2.05) is 0 Å². The summed E-state index contributed by atoms with van der Waals surface area (Å²) in [5.41, 5.74) is -0.0591. The molecule has 1 heterocycles. The third-order valence-corrected chi connectivity index (χ3v) is 1.84. The summed E-state index contributed by atoms with van der Waals surface area (Å²) in [5.74, 6) is -1.29. The van der Waals surface area contributed by atoms with Gasteiger partial charge in [-0.15, -0.1) is 10.2 Å². The molecule has 1 amide bonds. The Bertz CT molecular complexity index is 359. The molecule has 0 bridgehead atoms. The molecule has 0 unspecified atom stereocenters. The van der Waals surface area contributed by atoms with E-state index in [1.165, 1.54) is 18.9 Å². The number of methoxy groups -OCH3 is 1. The zero-order chi connectivity index (χ0) is 10.6. The number of aliphatic imine (C=N–C) groups is 1. The normalized spacial score (nSPS) is 18.3. The van der Waals surface area contributed by atoms with E-state index in [1.54, 1.807) is 6.26 Å². The van der Waals surface area contributed by atoms with E-state index in [4.69, 9.17) is 0 Å². The van der Waals surface area contributed by atoms with Crippen LogP contribution >= 0.6 is 11.8 Å². The van der Waals surface area contributed by atoms with Crippen LogP contribution in [0.2, 0.25) is 0 Å². The van der Waals surface area contributed by atoms with Gasteiger partial charge in [-0.1, -0.05) is 11.8 Å². The highest BCUT2D eigenvalue weighted by Crippen LogP contribution is 2.13. The van der Waals surface area contributed by atoms with Crippen molar-refractivity contribution < 1.29 is 14.3 Å². The van der Waals surface area contributed by atoms with Gasteiger partial charge in [0.15, 0.2) is 0 Å². The third kappa shape index (κ3) is 2.49. The summed E-state index contributed by atoms with van der Waals surface area (Å²) in [4.78, 5) is 25.7. The number of amidine groups is 1. The quantitative estimate of drug-likeness (QED) is 0.475. The Labute approximate surface area is 84.1 Å². The van der Waals surface area contributed by atoms with E-state index in [0.29, 0.717) is 5.17 Å². The number of carbonyl (C=O) groups excluding carboxylic acids is 2. The van der Waals surface area contributed by atoms with Crippen molar-refractivity contribution in [1.82, 2.24) is 0 Å². The minimum Gasteiger partial charge on any atom is -0.466 e. The van der Waals surface area contributed by atoms with Crippen LogP contribution in [0.15, 0.2) is 27.0 Å². The molecule has 1 aliphatic rings. The van der Waals surface area contributed by atoms with E-state index in [-0.39, 0.29) is 5.70 Å². The number of azo groups is 1. The van der Waals surface area contributed by atoms with Gasteiger partial charge in [-0.2, -0.15) is 0 Å². The predicted molar refractivity (Wildman–Crippen MR) is 50.9 cm³/mol. The molecule has 1 aliphatic heterocycles. The fraction of sp³-hybridized carbons (Fsp3) is 0.286. The lowest BCUT2D eigenvalue weighted by molar-refractivity contribution is -0.135. The second-order valence-corrected chi connectivity index (χ2v) is 2.93. The van der Waals surface area contributed by atoms with E-state index in [2.05, 4.69) is 20.0 Å². The minimum atomic E-state index is -0.645. The lowest BCUT2D eigenvalue weighted by atomic mass is 10.4. The molecule has 0 aromatic heterocycles. The molecular weight excluding hydrogens is 206 g/mol. The standard InChI is InChI=1S/C7H7N3O3S/c1-13-5(11)3-4-6(12)9-10-7(8-4)14-2/h3H,1-2H3/b4-3+. The summed E-state index contributed by atoms with van der Waals surface area (Å²) < 4.78 is 4.35. The lowest BCUT2D eigenvalue weighted by Crippen LogP contribution is -2.07. The molecule has 0 radical (unpaired) electrons. The highest BCUT2D eigenvalue weighted by atomic mass is 32.2. The van der Waals surface area contributed by atoms with Gasteiger partial charge in [-0.25, -0.2) is 9.79 Å². The van der Waals surface area contributed by atoms with Gasteiger partial charge in [0.1, 0.15) is 5.70 Å². The van der Waals surface area contributed by atoms with Crippen LogP contribution in [0.3, 0.4) is 0 Å². The molecule has 0 saturated carbocycles. The number of carbonyl (C=O) groups is 2. The van der Waals surface area contributed by atoms with Gasteiger partial charge in [0.25, 0.3) is 0 Å². The molecule has 6 nitrogen and oxygen atoms in total. The first-order valence-corrected chi connectivity index (χ1v) is 4.78. The number of amides is 1. The SMILES string of the molecule is COC(=O)/C=C1/N=C(SC)N=NC1=O. The van der Waals surface area contributed by atoms with Crippen LogP contribution in [0.1, 0.15) is 0 Å². The van der Waals surface area contributed by atoms with Gasteiger partial charge in [0, 0.05) is 0 Å². The molecule has 0 aliphatic carbocycles. The maximum absolute atomic E-state index is 11.1. The van der Waals surface area contributed by atoms with Gasteiger partial charge < -0.3 is 4.74 Å². The van der Waals surface area contributed by atoms with Crippen LogP contribution in [-0.2, 0) is 14.3 Å². The summed E-state index contributed by atoms with van der Waals surface area (Å²) in [7, 11) is 1.22. The van der Waals surface area contributed by atoms with Crippen LogP contribution in [0.5, 0.6) is 0 Å². The summed E-state index contributed by atoms with van der Waals surface area (Å²) >= 11 is 1.23. The largest absolute Gasteiger partial charge is 0.466 e. The highest BCUT2D eigenvalue weighted by Gasteiger charge is 2.16. The van der Waals surface area contributed by atoms with Gasteiger partial charge in [0.2, 0.25) is 5.17 Å². The number of esters is 1. The molecule has 0 saturated heterocycles. The van der Waals surface area contributed by atoms with Crippen molar-refractivity contribution in [2.24, 2.45) is 15.2 Å². The topological polar surface area (TPSA) is 80.4 Å². The van der Waals surface area contributed by atoms with Gasteiger partial charge in [-0.3, -0.25) is 4.79 Å². The number of nitrogens with zero attached hydrogens (tertiary/aromatic N) is 3. The molecule has 0 atom stereocenters. The van der Waals surface area contributed by atoms with E-state index >= 15 is 0 Å². The van der Waals surface area contributed by atoms with Crippen LogP contribution in [0, 0.1) is 0 Å². The summed E-state index contributed by atoms with van der Waals surface area (Å²) in [6, 6.07) is 0. The fourth-order valence-electron chi connectivity index (χ4n) is 0.664. The van der Waals surface area contributed by atoms with E-state index in [9.17, 15) is 9.59 Å². The number of hydrogen-bond acceptors (Lipinski definition) is 6. The first kappa shape index (κ1) is 10.6. The van der Waals surface area contributed by atoms with Gasteiger partial charge in [0.05, 0.1) is 13.2 Å². The van der Waals surface area contributed by atoms with Crippen molar-refractivity contribution in [1.29, 1.82) is 0 Å². The Morgan fingerprint density at radius 1 is 1.50 bits per heavy atom. The summed E-state index contributed by atoms with van der Waals surface area (Å²) in [6.45, 7) is 0. The van der Waals surface area contributed by atoms with E-state index < -0.39 is 11.9 Å². The van der Waals surface area contributed by atoms with Crippen LogP contribution in [0.4, 0.5) is 0 Å². The van der Waals surface area contributed by atoms with Crippen LogP contribution < -0.4 is 0 Å². The zero-order valence-electron chi connectivity index (χ0n) is 7.55. The van der Waals surface area contributed by atoms with Crippen LogP contribution in [0.25, 0.3) is 0 Å². The predicted octanol–water partition coefficient (Wildman–Crippen LogP) is 0.755. The van der Waals surface area contributed by atoms with Crippen molar-refractivity contribution >= 4 is 28.8 Å². The maximum Gasteiger partial charge on any atom is 0.332 e. The molecule has 74 valence electrons. The highest BCUT2D eigenvalue weighted by molar-refractivity contribution is 8.13. The summed E-state index contributed by atoms with van der Waals surface area (Å²) in [6.07, 6.45) is 2.72. The average Bonchev–Trinajstić information content (AvgIpc) is 2.21. The molecule has 14 heavy (non-hydrogen) atoms. The minimum absolute atomic E-state index is 0.0591. The first-order valence-electron chi connectivity index (χ1n) is 3.55. The molecule has 0 aromatic carbocycles. The van der Waals surface area contributed by atoms with Crippen molar-refractivity contribution in [3.8, 4) is 0 Å². The zero-order valence-corrected chi connectivity index (χ0v) is 8.37. The molecule has 7 heteroatoms. The van der Waals surface area contributed by atoms with Gasteiger partial charge in [-0.05, 0) is 6.26 Å². The Kier molecular flexibility index (Phi) is 3.52. The van der Waals surface area contributed by atoms with Gasteiger partial charge >= 0.3 is 11.9 Å². The summed E-state index contributed by atoms with van der Waals surface area (Å²) in [5, 5.41) is 7.15. The number of hydrogen-bond donors (Lipinski definition) is 0. The third-order valence-electron chi connectivity index (χ3n) is 1.30.